The number of rotatable bonds is 5. The van der Waals surface area contributed by atoms with Gasteiger partial charge in [0.1, 0.15) is 12.4 Å². The van der Waals surface area contributed by atoms with Gasteiger partial charge in [-0.1, -0.05) is 42.8 Å². The third-order valence-corrected chi connectivity index (χ3v) is 3.88. The lowest BCUT2D eigenvalue weighted by Gasteiger charge is -2.17. The van der Waals surface area contributed by atoms with Gasteiger partial charge in [0.15, 0.2) is 0 Å². The molecule has 0 fully saturated rings. The van der Waals surface area contributed by atoms with E-state index in [0.29, 0.717) is 13.0 Å². The van der Waals surface area contributed by atoms with Crippen molar-refractivity contribution in [1.82, 2.24) is 0 Å². The Morgan fingerprint density at radius 3 is 2.29 bits per heavy atom. The molecule has 0 aliphatic rings. The highest BCUT2D eigenvalue weighted by molar-refractivity contribution is 5.39. The minimum atomic E-state index is -0.471. The van der Waals surface area contributed by atoms with Gasteiger partial charge in [-0.05, 0) is 49.9 Å². The van der Waals surface area contributed by atoms with E-state index in [0.717, 1.165) is 11.3 Å². The Morgan fingerprint density at radius 2 is 1.67 bits per heavy atom. The van der Waals surface area contributed by atoms with Gasteiger partial charge in [0.25, 0.3) is 0 Å². The number of ether oxygens (including phenoxy) is 1. The van der Waals surface area contributed by atoms with Crippen LogP contribution >= 0.6 is 0 Å². The maximum atomic E-state index is 10.1. The zero-order chi connectivity index (χ0) is 15.4. The summed E-state index contributed by atoms with van der Waals surface area (Å²) >= 11 is 0. The van der Waals surface area contributed by atoms with Crippen LogP contribution in [0, 0.1) is 20.8 Å². The van der Waals surface area contributed by atoms with Gasteiger partial charge in [-0.2, -0.15) is 0 Å². The van der Waals surface area contributed by atoms with Crippen molar-refractivity contribution in [1.29, 1.82) is 0 Å². The Hall–Kier alpha value is -1.80. The molecule has 1 atom stereocenters. The fourth-order valence-electron chi connectivity index (χ4n) is 2.69. The highest BCUT2D eigenvalue weighted by atomic mass is 16.5. The minimum Gasteiger partial charge on any atom is -0.489 e. The molecule has 0 heterocycles. The molecule has 1 unspecified atom stereocenters. The largest absolute Gasteiger partial charge is 0.489 e. The molecular formula is C19H24O2. The van der Waals surface area contributed by atoms with Crippen molar-refractivity contribution in [2.24, 2.45) is 0 Å². The summed E-state index contributed by atoms with van der Waals surface area (Å²) in [4.78, 5) is 0. The quantitative estimate of drug-likeness (QED) is 0.867. The van der Waals surface area contributed by atoms with E-state index in [1.165, 1.54) is 22.3 Å². The lowest BCUT2D eigenvalue weighted by Crippen LogP contribution is -2.05. The first-order valence-corrected chi connectivity index (χ1v) is 7.49. The number of aryl methyl sites for hydroxylation is 3. The summed E-state index contributed by atoms with van der Waals surface area (Å²) in [5.74, 6) is 0.770. The highest BCUT2D eigenvalue weighted by Gasteiger charge is 2.12. The molecule has 2 rings (SSSR count). The SMILES string of the molecule is CCC(O)c1ccccc1OCc1c(C)cc(C)cc1C. The monoisotopic (exact) mass is 284 g/mol. The molecule has 2 heteroatoms. The maximum absolute atomic E-state index is 10.1. The lowest BCUT2D eigenvalue weighted by molar-refractivity contribution is 0.166. The standard InChI is InChI=1S/C19H24O2/c1-5-18(20)16-8-6-7-9-19(16)21-12-17-14(3)10-13(2)11-15(17)4/h6-11,18,20H,5,12H2,1-4H3. The summed E-state index contributed by atoms with van der Waals surface area (Å²) in [6, 6.07) is 12.1. The third kappa shape index (κ3) is 3.64. The van der Waals surface area contributed by atoms with E-state index >= 15 is 0 Å². The average Bonchev–Trinajstić information content (AvgIpc) is 2.45. The van der Waals surface area contributed by atoms with Gasteiger partial charge in [-0.15, -0.1) is 0 Å². The maximum Gasteiger partial charge on any atom is 0.125 e. The molecule has 0 aliphatic heterocycles. The highest BCUT2D eigenvalue weighted by Crippen LogP contribution is 2.28. The third-order valence-electron chi connectivity index (χ3n) is 3.88. The summed E-state index contributed by atoms with van der Waals surface area (Å²) in [7, 11) is 0. The molecular weight excluding hydrogens is 260 g/mol. The Labute approximate surface area is 127 Å². The van der Waals surface area contributed by atoms with Crippen molar-refractivity contribution in [2.75, 3.05) is 0 Å². The van der Waals surface area contributed by atoms with E-state index in [1.807, 2.05) is 31.2 Å². The molecule has 112 valence electrons. The number of aliphatic hydroxyl groups excluding tert-OH is 1. The van der Waals surface area contributed by atoms with Crippen molar-refractivity contribution >= 4 is 0 Å². The minimum absolute atomic E-state index is 0.471. The zero-order valence-electron chi connectivity index (χ0n) is 13.3. The molecule has 0 amide bonds. The molecule has 0 saturated carbocycles. The Kier molecular flexibility index (Phi) is 5.03. The first-order valence-electron chi connectivity index (χ1n) is 7.49. The zero-order valence-corrected chi connectivity index (χ0v) is 13.3. The van der Waals surface area contributed by atoms with E-state index in [2.05, 4.69) is 32.9 Å². The van der Waals surface area contributed by atoms with Crippen LogP contribution in [0.1, 0.15) is 47.3 Å². The van der Waals surface area contributed by atoms with Crippen LogP contribution in [0.2, 0.25) is 0 Å². The second-order valence-corrected chi connectivity index (χ2v) is 5.63. The van der Waals surface area contributed by atoms with Crippen molar-refractivity contribution in [3.05, 3.63) is 64.2 Å². The van der Waals surface area contributed by atoms with Crippen molar-refractivity contribution in [2.45, 2.75) is 46.8 Å². The van der Waals surface area contributed by atoms with Crippen LogP contribution in [0.3, 0.4) is 0 Å². The summed E-state index contributed by atoms with van der Waals surface area (Å²) in [6.45, 7) is 8.84. The molecule has 0 bridgehead atoms. The van der Waals surface area contributed by atoms with E-state index < -0.39 is 6.10 Å². The van der Waals surface area contributed by atoms with Crippen molar-refractivity contribution in [3.63, 3.8) is 0 Å². The topological polar surface area (TPSA) is 29.5 Å². The van der Waals surface area contributed by atoms with E-state index in [9.17, 15) is 5.11 Å². The predicted octanol–water partition coefficient (Wildman–Crippen LogP) is 4.63. The van der Waals surface area contributed by atoms with E-state index in [4.69, 9.17) is 4.74 Å². The Balaban J connectivity index is 2.21. The van der Waals surface area contributed by atoms with Crippen LogP contribution in [0.5, 0.6) is 5.75 Å². The molecule has 2 aromatic carbocycles. The molecule has 2 nitrogen and oxygen atoms in total. The average molecular weight is 284 g/mol. The molecule has 2 aromatic rings. The van der Waals surface area contributed by atoms with Crippen LogP contribution in [-0.4, -0.2) is 5.11 Å². The molecule has 1 N–H and O–H groups in total. The van der Waals surface area contributed by atoms with E-state index in [1.54, 1.807) is 0 Å². The lowest BCUT2D eigenvalue weighted by atomic mass is 10.0. The summed E-state index contributed by atoms with van der Waals surface area (Å²) in [5, 5.41) is 10.1. The van der Waals surface area contributed by atoms with Crippen molar-refractivity contribution in [3.8, 4) is 5.75 Å². The van der Waals surface area contributed by atoms with Crippen LogP contribution in [0.15, 0.2) is 36.4 Å². The molecule has 0 radical (unpaired) electrons. The van der Waals surface area contributed by atoms with E-state index in [-0.39, 0.29) is 0 Å². The molecule has 0 spiro atoms. The molecule has 0 aliphatic carbocycles. The number of para-hydroxylation sites is 1. The van der Waals surface area contributed by atoms with Gasteiger partial charge in [0, 0.05) is 5.56 Å². The summed E-state index contributed by atoms with van der Waals surface area (Å²) < 4.78 is 5.99. The molecule has 21 heavy (non-hydrogen) atoms. The normalized spacial score (nSPS) is 12.2. The van der Waals surface area contributed by atoms with Crippen LogP contribution in [0.25, 0.3) is 0 Å². The first-order chi connectivity index (χ1) is 10.0. The fraction of sp³-hybridized carbons (Fsp3) is 0.368. The second kappa shape index (κ2) is 6.77. The molecule has 0 aromatic heterocycles. The van der Waals surface area contributed by atoms with Crippen molar-refractivity contribution < 1.29 is 9.84 Å². The van der Waals surface area contributed by atoms with Crippen LogP contribution < -0.4 is 4.74 Å². The first kappa shape index (κ1) is 15.6. The number of aliphatic hydroxyl groups is 1. The van der Waals surface area contributed by atoms with Gasteiger partial charge in [0.2, 0.25) is 0 Å². The Bertz CT molecular complexity index is 594. The number of hydrogen-bond donors (Lipinski definition) is 1. The second-order valence-electron chi connectivity index (χ2n) is 5.63. The predicted molar refractivity (Wildman–Crippen MR) is 86.7 cm³/mol. The van der Waals surface area contributed by atoms with Crippen LogP contribution in [-0.2, 0) is 6.61 Å². The number of hydrogen-bond acceptors (Lipinski definition) is 2. The number of benzene rings is 2. The van der Waals surface area contributed by atoms with Gasteiger partial charge in [-0.25, -0.2) is 0 Å². The summed E-state index contributed by atoms with van der Waals surface area (Å²) in [6.07, 6.45) is 0.213. The van der Waals surface area contributed by atoms with Gasteiger partial charge in [-0.3, -0.25) is 0 Å². The smallest absolute Gasteiger partial charge is 0.125 e. The molecule has 0 saturated heterocycles. The fourth-order valence-corrected chi connectivity index (χ4v) is 2.69. The van der Waals surface area contributed by atoms with Gasteiger partial charge < -0.3 is 9.84 Å². The van der Waals surface area contributed by atoms with Crippen LogP contribution in [0.4, 0.5) is 0 Å². The van der Waals surface area contributed by atoms with Gasteiger partial charge in [0.05, 0.1) is 6.10 Å². The Morgan fingerprint density at radius 1 is 1.05 bits per heavy atom. The summed E-state index contributed by atoms with van der Waals surface area (Å²) in [5.41, 5.74) is 5.86. The van der Waals surface area contributed by atoms with Gasteiger partial charge >= 0.3 is 0 Å².